The van der Waals surface area contributed by atoms with Gasteiger partial charge in [-0.05, 0) is 24.3 Å². The van der Waals surface area contributed by atoms with Crippen molar-refractivity contribution in [3.63, 3.8) is 0 Å². The number of anilines is 2. The van der Waals surface area contributed by atoms with Crippen LogP contribution in [0.4, 0.5) is 11.5 Å². The third-order valence-corrected chi connectivity index (χ3v) is 2.43. The van der Waals surface area contributed by atoms with E-state index in [-0.39, 0.29) is 0 Å². The molecule has 0 atom stereocenters. The van der Waals surface area contributed by atoms with E-state index in [0.717, 1.165) is 5.69 Å². The van der Waals surface area contributed by atoms with Gasteiger partial charge in [-0.25, -0.2) is 10.0 Å². The van der Waals surface area contributed by atoms with Crippen LogP contribution >= 0.6 is 11.6 Å². The largest absolute Gasteiger partial charge is 0.270 e. The standard InChI is InChI=1S/C12H11ClN2O/c1-16-15(12-8-4-5-9-14-12)11-7-3-2-6-10(11)13/h2-9H,1H3. The van der Waals surface area contributed by atoms with Gasteiger partial charge in [-0.3, -0.25) is 4.84 Å². The maximum Gasteiger partial charge on any atom is 0.157 e. The molecule has 2 rings (SSSR count). The van der Waals surface area contributed by atoms with Gasteiger partial charge in [0.15, 0.2) is 5.82 Å². The highest BCUT2D eigenvalue weighted by Gasteiger charge is 2.12. The molecule has 0 spiro atoms. The molecule has 0 aliphatic carbocycles. The number of nitrogens with zero attached hydrogens (tertiary/aromatic N) is 2. The van der Waals surface area contributed by atoms with E-state index in [4.69, 9.17) is 16.4 Å². The quantitative estimate of drug-likeness (QED) is 0.761. The lowest BCUT2D eigenvalue weighted by Crippen LogP contribution is -2.16. The van der Waals surface area contributed by atoms with E-state index < -0.39 is 0 Å². The Morgan fingerprint density at radius 1 is 1.12 bits per heavy atom. The van der Waals surface area contributed by atoms with E-state index >= 15 is 0 Å². The van der Waals surface area contributed by atoms with Crippen molar-refractivity contribution < 1.29 is 4.84 Å². The van der Waals surface area contributed by atoms with Crippen LogP contribution in [0.25, 0.3) is 0 Å². The molecule has 0 bridgehead atoms. The third kappa shape index (κ3) is 2.15. The van der Waals surface area contributed by atoms with E-state index in [0.29, 0.717) is 10.8 Å². The van der Waals surface area contributed by atoms with Crippen molar-refractivity contribution in [2.75, 3.05) is 12.2 Å². The van der Waals surface area contributed by atoms with E-state index in [9.17, 15) is 0 Å². The van der Waals surface area contributed by atoms with Crippen molar-refractivity contribution >= 4 is 23.1 Å². The lowest BCUT2D eigenvalue weighted by Gasteiger charge is -2.21. The van der Waals surface area contributed by atoms with Crippen LogP contribution in [-0.4, -0.2) is 12.1 Å². The zero-order chi connectivity index (χ0) is 11.4. The summed E-state index contributed by atoms with van der Waals surface area (Å²) in [5, 5.41) is 2.21. The van der Waals surface area contributed by atoms with Crippen LogP contribution in [0.5, 0.6) is 0 Å². The minimum absolute atomic E-state index is 0.620. The predicted octanol–water partition coefficient (Wildman–Crippen LogP) is 3.43. The minimum Gasteiger partial charge on any atom is -0.270 e. The zero-order valence-corrected chi connectivity index (χ0v) is 9.56. The molecule has 16 heavy (non-hydrogen) atoms. The number of rotatable bonds is 3. The monoisotopic (exact) mass is 234 g/mol. The molecule has 0 aliphatic rings. The van der Waals surface area contributed by atoms with Gasteiger partial charge in [0, 0.05) is 6.20 Å². The van der Waals surface area contributed by atoms with Gasteiger partial charge in [0.2, 0.25) is 0 Å². The van der Waals surface area contributed by atoms with Gasteiger partial charge in [0.05, 0.1) is 17.8 Å². The Morgan fingerprint density at radius 3 is 2.50 bits per heavy atom. The van der Waals surface area contributed by atoms with E-state index in [1.165, 1.54) is 0 Å². The molecular formula is C12H11ClN2O. The maximum absolute atomic E-state index is 6.10. The third-order valence-electron chi connectivity index (χ3n) is 2.11. The van der Waals surface area contributed by atoms with Crippen molar-refractivity contribution in [2.24, 2.45) is 0 Å². The highest BCUT2D eigenvalue weighted by atomic mass is 35.5. The van der Waals surface area contributed by atoms with Crippen molar-refractivity contribution in [1.82, 2.24) is 4.98 Å². The average molecular weight is 235 g/mol. The number of hydrogen-bond acceptors (Lipinski definition) is 3. The normalized spacial score (nSPS) is 10.1. The maximum atomic E-state index is 6.10. The molecule has 0 radical (unpaired) electrons. The van der Waals surface area contributed by atoms with Gasteiger partial charge >= 0.3 is 0 Å². The Balaban J connectivity index is 2.41. The fourth-order valence-electron chi connectivity index (χ4n) is 1.41. The summed E-state index contributed by atoms with van der Waals surface area (Å²) in [5.74, 6) is 0.693. The van der Waals surface area contributed by atoms with Crippen molar-refractivity contribution in [3.8, 4) is 0 Å². The molecule has 0 aliphatic heterocycles. The SMILES string of the molecule is CON(c1ccccn1)c1ccccc1Cl. The number of para-hydroxylation sites is 1. The molecule has 0 unspecified atom stereocenters. The van der Waals surface area contributed by atoms with Gasteiger partial charge in [-0.15, -0.1) is 0 Å². The van der Waals surface area contributed by atoms with Crippen LogP contribution < -0.4 is 5.06 Å². The number of pyridine rings is 1. The molecule has 1 aromatic carbocycles. The van der Waals surface area contributed by atoms with Crippen molar-refractivity contribution in [3.05, 3.63) is 53.7 Å². The van der Waals surface area contributed by atoms with Gasteiger partial charge in [-0.2, -0.15) is 0 Å². The fourth-order valence-corrected chi connectivity index (χ4v) is 1.62. The predicted molar refractivity (Wildman–Crippen MR) is 64.8 cm³/mol. The minimum atomic E-state index is 0.620. The van der Waals surface area contributed by atoms with Gasteiger partial charge in [-0.1, -0.05) is 29.8 Å². The molecule has 1 aromatic heterocycles. The summed E-state index contributed by atoms with van der Waals surface area (Å²) in [6.45, 7) is 0. The van der Waals surface area contributed by atoms with E-state index in [1.807, 2.05) is 42.5 Å². The topological polar surface area (TPSA) is 25.4 Å². The number of hydrogen-bond donors (Lipinski definition) is 0. The summed E-state index contributed by atoms with van der Waals surface area (Å²) in [5.41, 5.74) is 0.769. The molecule has 0 saturated heterocycles. The summed E-state index contributed by atoms with van der Waals surface area (Å²) in [6.07, 6.45) is 1.71. The molecule has 1 heterocycles. The smallest absolute Gasteiger partial charge is 0.157 e. The van der Waals surface area contributed by atoms with Gasteiger partial charge in [0.1, 0.15) is 0 Å². The summed E-state index contributed by atoms with van der Waals surface area (Å²) < 4.78 is 0. The molecule has 0 N–H and O–H groups in total. The molecule has 2 aromatic rings. The summed E-state index contributed by atoms with van der Waals surface area (Å²) in [6, 6.07) is 13.1. The highest BCUT2D eigenvalue weighted by molar-refractivity contribution is 6.33. The first-order valence-corrected chi connectivity index (χ1v) is 5.20. The summed E-state index contributed by atoms with van der Waals surface area (Å²) >= 11 is 6.10. The van der Waals surface area contributed by atoms with Crippen LogP contribution in [0.15, 0.2) is 48.7 Å². The molecule has 4 heteroatoms. The van der Waals surface area contributed by atoms with Gasteiger partial charge in [0.25, 0.3) is 0 Å². The van der Waals surface area contributed by atoms with Crippen LogP contribution in [0.1, 0.15) is 0 Å². The second kappa shape index (κ2) is 4.96. The summed E-state index contributed by atoms with van der Waals surface area (Å²) in [4.78, 5) is 9.50. The number of aromatic nitrogens is 1. The molecule has 3 nitrogen and oxygen atoms in total. The van der Waals surface area contributed by atoms with Gasteiger partial charge < -0.3 is 0 Å². The van der Waals surface area contributed by atoms with Crippen LogP contribution in [0.3, 0.4) is 0 Å². The molecule has 0 amide bonds. The number of benzene rings is 1. The lowest BCUT2D eigenvalue weighted by molar-refractivity contribution is 0.199. The first-order valence-electron chi connectivity index (χ1n) is 4.82. The Bertz CT molecular complexity index is 462. The second-order valence-corrected chi connectivity index (χ2v) is 3.52. The Labute approximate surface area is 99.2 Å². The Morgan fingerprint density at radius 2 is 1.88 bits per heavy atom. The molecule has 82 valence electrons. The second-order valence-electron chi connectivity index (χ2n) is 3.12. The van der Waals surface area contributed by atoms with E-state index in [1.54, 1.807) is 18.4 Å². The molecule has 0 saturated carbocycles. The van der Waals surface area contributed by atoms with Crippen molar-refractivity contribution in [1.29, 1.82) is 0 Å². The molecular weight excluding hydrogens is 224 g/mol. The Kier molecular flexibility index (Phi) is 3.39. The van der Waals surface area contributed by atoms with Crippen LogP contribution in [-0.2, 0) is 4.84 Å². The van der Waals surface area contributed by atoms with E-state index in [2.05, 4.69) is 4.98 Å². The number of halogens is 1. The van der Waals surface area contributed by atoms with Crippen LogP contribution in [0.2, 0.25) is 5.02 Å². The zero-order valence-electron chi connectivity index (χ0n) is 8.80. The fraction of sp³-hybridized carbons (Fsp3) is 0.0833. The highest BCUT2D eigenvalue weighted by Crippen LogP contribution is 2.30. The first-order chi connectivity index (χ1) is 7.83. The summed E-state index contributed by atoms with van der Waals surface area (Å²) in [7, 11) is 1.58. The molecule has 0 fully saturated rings. The lowest BCUT2D eigenvalue weighted by atomic mass is 10.3. The first kappa shape index (κ1) is 10.9. The Hall–Kier alpha value is -1.58. The van der Waals surface area contributed by atoms with Crippen LogP contribution in [0, 0.1) is 0 Å². The van der Waals surface area contributed by atoms with Crippen molar-refractivity contribution in [2.45, 2.75) is 0 Å². The average Bonchev–Trinajstić information content (AvgIpc) is 2.34.